The van der Waals surface area contributed by atoms with E-state index in [2.05, 4.69) is 0 Å². The first-order valence-corrected chi connectivity index (χ1v) is 10.8. The molecule has 0 fully saturated rings. The quantitative estimate of drug-likeness (QED) is 0.486. The lowest BCUT2D eigenvalue weighted by Crippen LogP contribution is -1.97. The van der Waals surface area contributed by atoms with Gasteiger partial charge in [0, 0.05) is 23.6 Å². The predicted octanol–water partition coefficient (Wildman–Crippen LogP) is 4.73. The maximum Gasteiger partial charge on any atom is 0.175 e. The van der Waals surface area contributed by atoms with E-state index in [4.69, 9.17) is 21.3 Å². The third-order valence-electron chi connectivity index (χ3n) is 4.51. The molecule has 28 heavy (non-hydrogen) atoms. The number of hydrogen-bond acceptors (Lipinski definition) is 4. The number of rotatable bonds is 4. The van der Waals surface area contributed by atoms with Crippen LogP contribution in [-0.2, 0) is 9.84 Å². The Balaban J connectivity index is 1.95. The van der Waals surface area contributed by atoms with Crippen LogP contribution in [0.5, 0.6) is 5.75 Å². The van der Waals surface area contributed by atoms with Crippen LogP contribution in [0.4, 0.5) is 0 Å². The molecular formula is C21H17ClN2O3S. The van der Waals surface area contributed by atoms with Gasteiger partial charge in [0.2, 0.25) is 0 Å². The van der Waals surface area contributed by atoms with Crippen molar-refractivity contribution in [1.82, 2.24) is 9.38 Å². The Morgan fingerprint density at radius 2 is 1.71 bits per heavy atom. The van der Waals surface area contributed by atoms with E-state index in [1.54, 1.807) is 37.4 Å². The lowest BCUT2D eigenvalue weighted by molar-refractivity contribution is 0.415. The second-order valence-electron chi connectivity index (χ2n) is 6.38. The van der Waals surface area contributed by atoms with Gasteiger partial charge in [0.25, 0.3) is 0 Å². The smallest absolute Gasteiger partial charge is 0.175 e. The van der Waals surface area contributed by atoms with Crippen molar-refractivity contribution >= 4 is 27.1 Å². The Hall–Kier alpha value is -2.83. The van der Waals surface area contributed by atoms with Crippen molar-refractivity contribution < 1.29 is 13.2 Å². The number of fused-ring (bicyclic) bond motifs is 1. The van der Waals surface area contributed by atoms with Crippen LogP contribution in [0.15, 0.2) is 71.8 Å². The molecule has 0 aliphatic rings. The highest BCUT2D eigenvalue weighted by Gasteiger charge is 2.17. The molecule has 2 heterocycles. The van der Waals surface area contributed by atoms with E-state index in [-0.39, 0.29) is 4.90 Å². The Morgan fingerprint density at radius 1 is 1.00 bits per heavy atom. The summed E-state index contributed by atoms with van der Waals surface area (Å²) in [6, 6.07) is 18.1. The number of nitrogens with zero attached hydrogens (tertiary/aromatic N) is 2. The molecule has 0 aliphatic carbocycles. The maximum absolute atomic E-state index is 11.8. The molecule has 5 nitrogen and oxygen atoms in total. The second-order valence-corrected chi connectivity index (χ2v) is 8.81. The number of sulfone groups is 1. The Morgan fingerprint density at radius 3 is 2.36 bits per heavy atom. The first-order chi connectivity index (χ1) is 13.4. The maximum atomic E-state index is 11.8. The van der Waals surface area contributed by atoms with Crippen LogP contribution in [-0.4, -0.2) is 31.2 Å². The number of hydrogen-bond donors (Lipinski definition) is 0. The van der Waals surface area contributed by atoms with E-state index in [1.807, 2.05) is 40.9 Å². The average molecular weight is 413 g/mol. The Labute approximate surface area is 168 Å². The molecule has 7 heteroatoms. The van der Waals surface area contributed by atoms with E-state index in [1.165, 1.54) is 6.26 Å². The third-order valence-corrected chi connectivity index (χ3v) is 5.93. The number of pyridine rings is 1. The highest BCUT2D eigenvalue weighted by atomic mass is 35.5. The lowest BCUT2D eigenvalue weighted by Gasteiger charge is -2.08. The van der Waals surface area contributed by atoms with E-state index < -0.39 is 9.84 Å². The fourth-order valence-corrected chi connectivity index (χ4v) is 4.03. The molecule has 0 unspecified atom stereocenters. The van der Waals surface area contributed by atoms with Gasteiger partial charge in [0.1, 0.15) is 11.4 Å². The zero-order valence-corrected chi connectivity index (χ0v) is 16.8. The monoisotopic (exact) mass is 412 g/mol. The van der Waals surface area contributed by atoms with Crippen LogP contribution in [0, 0.1) is 0 Å². The molecule has 4 aromatic rings. The zero-order chi connectivity index (χ0) is 19.9. The highest BCUT2D eigenvalue weighted by Crippen LogP contribution is 2.36. The molecular weight excluding hydrogens is 396 g/mol. The van der Waals surface area contributed by atoms with Gasteiger partial charge in [0.15, 0.2) is 9.84 Å². The normalized spacial score (nSPS) is 11.7. The standard InChI is InChI=1S/C21H17ClN2O3S/c1-27-18-11-8-15(13-17(18)22)20-21(24-12-4-3-5-19(24)23-20)14-6-9-16(10-7-14)28(2,25)26/h3-13H,1-2H3. The summed E-state index contributed by atoms with van der Waals surface area (Å²) in [7, 11) is -1.69. The van der Waals surface area contributed by atoms with Crippen molar-refractivity contribution in [2.75, 3.05) is 13.4 Å². The Bertz CT molecular complexity index is 1280. The molecule has 0 N–H and O–H groups in total. The minimum atomic E-state index is -3.26. The van der Waals surface area contributed by atoms with Crippen molar-refractivity contribution in [2.45, 2.75) is 4.90 Å². The van der Waals surface area contributed by atoms with Crippen LogP contribution in [0.3, 0.4) is 0 Å². The summed E-state index contributed by atoms with van der Waals surface area (Å²) in [5.41, 5.74) is 4.09. The zero-order valence-electron chi connectivity index (χ0n) is 15.3. The number of halogens is 1. The van der Waals surface area contributed by atoms with Gasteiger partial charge in [-0.1, -0.05) is 29.8 Å². The SMILES string of the molecule is COc1ccc(-c2nc3ccccn3c2-c2ccc(S(C)(=O)=O)cc2)cc1Cl. The van der Waals surface area contributed by atoms with Gasteiger partial charge in [-0.2, -0.15) is 0 Å². The van der Waals surface area contributed by atoms with Crippen molar-refractivity contribution in [3.63, 3.8) is 0 Å². The first-order valence-electron chi connectivity index (χ1n) is 8.50. The van der Waals surface area contributed by atoms with Gasteiger partial charge in [-0.3, -0.25) is 4.40 Å². The van der Waals surface area contributed by atoms with Gasteiger partial charge in [-0.15, -0.1) is 0 Å². The second kappa shape index (κ2) is 6.96. The van der Waals surface area contributed by atoms with E-state index in [9.17, 15) is 8.42 Å². The molecule has 2 aromatic carbocycles. The van der Waals surface area contributed by atoms with Crippen molar-refractivity contribution in [2.24, 2.45) is 0 Å². The summed E-state index contributed by atoms with van der Waals surface area (Å²) in [4.78, 5) is 5.05. The molecule has 2 aromatic heterocycles. The van der Waals surface area contributed by atoms with Crippen molar-refractivity contribution in [3.05, 3.63) is 71.9 Å². The topological polar surface area (TPSA) is 60.7 Å². The van der Waals surface area contributed by atoms with E-state index >= 15 is 0 Å². The minimum absolute atomic E-state index is 0.277. The Kier molecular flexibility index (Phi) is 4.61. The van der Waals surface area contributed by atoms with Crippen molar-refractivity contribution in [3.8, 4) is 28.3 Å². The molecule has 4 rings (SSSR count). The summed E-state index contributed by atoms with van der Waals surface area (Å²) in [5.74, 6) is 0.591. The van der Waals surface area contributed by atoms with E-state index in [0.29, 0.717) is 10.8 Å². The third kappa shape index (κ3) is 3.25. The molecule has 0 aliphatic heterocycles. The van der Waals surface area contributed by atoms with Gasteiger partial charge in [-0.25, -0.2) is 13.4 Å². The van der Waals surface area contributed by atoms with Crippen LogP contribution < -0.4 is 4.74 Å². The minimum Gasteiger partial charge on any atom is -0.495 e. The van der Waals surface area contributed by atoms with Crippen LogP contribution in [0.2, 0.25) is 5.02 Å². The fraction of sp³-hybridized carbons (Fsp3) is 0.0952. The van der Waals surface area contributed by atoms with Gasteiger partial charge in [-0.05, 0) is 42.5 Å². The molecule has 0 saturated carbocycles. The molecule has 0 bridgehead atoms. The molecule has 0 spiro atoms. The molecule has 142 valence electrons. The summed E-state index contributed by atoms with van der Waals surface area (Å²) in [6.07, 6.45) is 3.12. The fourth-order valence-electron chi connectivity index (χ4n) is 3.15. The molecule has 0 atom stereocenters. The van der Waals surface area contributed by atoms with Crippen LogP contribution >= 0.6 is 11.6 Å². The van der Waals surface area contributed by atoms with Crippen molar-refractivity contribution in [1.29, 1.82) is 0 Å². The summed E-state index contributed by atoms with van der Waals surface area (Å²) < 4.78 is 30.8. The summed E-state index contributed by atoms with van der Waals surface area (Å²) in [5, 5.41) is 0.496. The van der Waals surface area contributed by atoms with Gasteiger partial charge in [0.05, 0.1) is 28.4 Å². The predicted molar refractivity (Wildman–Crippen MR) is 111 cm³/mol. The largest absolute Gasteiger partial charge is 0.495 e. The molecule has 0 radical (unpaired) electrons. The number of benzene rings is 2. The average Bonchev–Trinajstić information content (AvgIpc) is 3.07. The highest BCUT2D eigenvalue weighted by molar-refractivity contribution is 7.90. The summed E-state index contributed by atoms with van der Waals surface area (Å²) in [6.45, 7) is 0. The number of imidazole rings is 1. The molecule has 0 saturated heterocycles. The number of methoxy groups -OCH3 is 1. The first kappa shape index (κ1) is 18.5. The lowest BCUT2D eigenvalue weighted by atomic mass is 10.0. The number of ether oxygens (including phenoxy) is 1. The van der Waals surface area contributed by atoms with Crippen LogP contribution in [0.25, 0.3) is 28.2 Å². The van der Waals surface area contributed by atoms with Gasteiger partial charge >= 0.3 is 0 Å². The number of aromatic nitrogens is 2. The van der Waals surface area contributed by atoms with Gasteiger partial charge < -0.3 is 4.74 Å². The summed E-state index contributed by atoms with van der Waals surface area (Å²) >= 11 is 6.32. The van der Waals surface area contributed by atoms with E-state index in [0.717, 1.165) is 28.2 Å². The molecule has 0 amide bonds. The van der Waals surface area contributed by atoms with Crippen LogP contribution in [0.1, 0.15) is 0 Å².